The van der Waals surface area contributed by atoms with Gasteiger partial charge < -0.3 is 20.5 Å². The van der Waals surface area contributed by atoms with E-state index in [9.17, 15) is 31.9 Å². The molecule has 1 aliphatic heterocycles. The van der Waals surface area contributed by atoms with Crippen molar-refractivity contribution < 1.29 is 31.8 Å². The molecule has 1 aliphatic carbocycles. The number of piperidine rings is 1. The van der Waals surface area contributed by atoms with E-state index >= 15 is 0 Å². The minimum Gasteiger partial charge on any atom is -0.429 e. The Hall–Kier alpha value is -3.69. The van der Waals surface area contributed by atoms with Crippen LogP contribution in [0.2, 0.25) is 0 Å². The largest absolute Gasteiger partial charge is 0.429 e. The lowest BCUT2D eigenvalue weighted by molar-refractivity contribution is -0.114. The number of amides is 1. The van der Waals surface area contributed by atoms with E-state index < -0.39 is 39.6 Å². The molecule has 12 nitrogen and oxygen atoms in total. The van der Waals surface area contributed by atoms with Crippen LogP contribution in [0.25, 0.3) is 11.0 Å². The highest BCUT2D eigenvalue weighted by Crippen LogP contribution is 2.40. The minimum atomic E-state index is -3.74. The van der Waals surface area contributed by atoms with Gasteiger partial charge in [0.1, 0.15) is 5.65 Å². The number of aromatic nitrogens is 3. The Morgan fingerprint density at radius 3 is 2.48 bits per heavy atom. The molecule has 0 unspecified atom stereocenters. The molecule has 1 amide bonds. The van der Waals surface area contributed by atoms with Crippen molar-refractivity contribution in [3.63, 3.8) is 0 Å². The molecule has 3 heterocycles. The predicted octanol–water partition coefficient (Wildman–Crippen LogP) is 3.09. The lowest BCUT2D eigenvalue weighted by Crippen LogP contribution is -2.42. The summed E-state index contributed by atoms with van der Waals surface area (Å²) in [4.78, 5) is 33.4. The Balaban J connectivity index is 1.34. The zero-order valence-electron chi connectivity index (χ0n) is 23.1. The maximum absolute atomic E-state index is 13.2. The molecule has 3 aromatic rings. The average Bonchev–Trinajstić information content (AvgIpc) is 3.27. The summed E-state index contributed by atoms with van der Waals surface area (Å²) in [5, 5.41) is 17.0. The number of sulfonamides is 1. The highest BCUT2D eigenvalue weighted by Gasteiger charge is 2.40. The Kier molecular flexibility index (Phi) is 8.18. The molecule has 0 radical (unpaired) electrons. The van der Waals surface area contributed by atoms with Crippen molar-refractivity contribution in [1.82, 2.24) is 18.8 Å². The van der Waals surface area contributed by atoms with Gasteiger partial charge in [0, 0.05) is 43.3 Å². The number of nitrogens with one attached hydrogen (secondary N) is 2. The van der Waals surface area contributed by atoms with Crippen molar-refractivity contribution in [2.75, 3.05) is 23.7 Å². The van der Waals surface area contributed by atoms with Gasteiger partial charge in [-0.05, 0) is 69.4 Å². The number of pyridine rings is 1. The minimum absolute atomic E-state index is 0.122. The predicted molar refractivity (Wildman–Crippen MR) is 150 cm³/mol. The maximum atomic E-state index is 13.2. The molecule has 226 valence electrons. The molecule has 42 heavy (non-hydrogen) atoms. The van der Waals surface area contributed by atoms with Gasteiger partial charge in [0.15, 0.2) is 5.75 Å². The van der Waals surface area contributed by atoms with E-state index in [2.05, 4.69) is 25.3 Å². The van der Waals surface area contributed by atoms with Gasteiger partial charge in [-0.2, -0.15) is 18.1 Å². The van der Waals surface area contributed by atoms with E-state index in [1.807, 2.05) is 0 Å². The highest BCUT2D eigenvalue weighted by atomic mass is 32.2. The second kappa shape index (κ2) is 11.5. The van der Waals surface area contributed by atoms with Crippen molar-refractivity contribution in [3.05, 3.63) is 46.9 Å². The third-order valence-electron chi connectivity index (χ3n) is 7.75. The summed E-state index contributed by atoms with van der Waals surface area (Å²) in [6.45, 7) is 0.249. The number of benzene rings is 1. The molecule has 0 spiro atoms. The molecule has 2 atom stereocenters. The first-order valence-corrected chi connectivity index (χ1v) is 15.0. The molecule has 5 rings (SSSR count). The summed E-state index contributed by atoms with van der Waals surface area (Å²) in [5.74, 6) is -0.622. The monoisotopic (exact) mass is 606 g/mol. The first-order valence-electron chi connectivity index (χ1n) is 13.6. The SMILES string of the molecule is CC(=O)Nc1ccc(S(=O)(=O)N2CCC(Nc3ncc4cc(OC(F)F)c(=O)n([C@@H]5CCC[C@@]5(C)O)c4n3)CC2)cc1. The Labute approximate surface area is 240 Å². The van der Waals surface area contributed by atoms with Gasteiger partial charge in [0.25, 0.3) is 5.56 Å². The topological polar surface area (TPSA) is 156 Å². The van der Waals surface area contributed by atoms with Crippen LogP contribution in [0.4, 0.5) is 20.4 Å². The Morgan fingerprint density at radius 1 is 1.19 bits per heavy atom. The second-order valence-corrected chi connectivity index (χ2v) is 12.8. The van der Waals surface area contributed by atoms with Crippen LogP contribution in [0.3, 0.4) is 0 Å². The quantitative estimate of drug-likeness (QED) is 0.351. The van der Waals surface area contributed by atoms with E-state index in [0.717, 1.165) is 0 Å². The molecule has 2 aromatic heterocycles. The Bertz CT molecular complexity index is 1640. The van der Waals surface area contributed by atoms with Gasteiger partial charge in [0.05, 0.1) is 16.5 Å². The Morgan fingerprint density at radius 2 is 1.88 bits per heavy atom. The highest BCUT2D eigenvalue weighted by molar-refractivity contribution is 7.89. The van der Waals surface area contributed by atoms with Crippen molar-refractivity contribution in [1.29, 1.82) is 0 Å². The third-order valence-corrected chi connectivity index (χ3v) is 9.66. The average molecular weight is 607 g/mol. The fraction of sp³-hybridized carbons (Fsp3) is 0.481. The number of hydrogen-bond acceptors (Lipinski definition) is 9. The standard InChI is InChI=1S/C27H32F2N6O6S/c1-16(36)31-18-5-7-20(8-6-18)42(39,40)34-12-9-19(10-13-34)32-26-30-15-17-14-21(41-25(28)29)24(37)35(23(17)33-26)22-4-3-11-27(22,2)38/h5-8,14-15,19,22,25,38H,3-4,9-13H2,1-2H3,(H,31,36)(H,30,32,33)/t22-,27-/m1/s1. The summed E-state index contributed by atoms with van der Waals surface area (Å²) in [6, 6.07) is 6.27. The van der Waals surface area contributed by atoms with Gasteiger partial charge in [0.2, 0.25) is 21.9 Å². The second-order valence-electron chi connectivity index (χ2n) is 10.8. The molecule has 1 saturated carbocycles. The van der Waals surface area contributed by atoms with Crippen LogP contribution in [0.1, 0.15) is 52.0 Å². The van der Waals surface area contributed by atoms with Gasteiger partial charge >= 0.3 is 6.61 Å². The number of alkyl halides is 2. The summed E-state index contributed by atoms with van der Waals surface area (Å²) >= 11 is 0. The molecule has 0 bridgehead atoms. The smallest absolute Gasteiger partial charge is 0.387 e. The molecule has 1 aromatic carbocycles. The van der Waals surface area contributed by atoms with E-state index in [0.29, 0.717) is 43.2 Å². The van der Waals surface area contributed by atoms with Crippen LogP contribution in [0, 0.1) is 0 Å². The van der Waals surface area contributed by atoms with Crippen LogP contribution in [0.5, 0.6) is 5.75 Å². The fourth-order valence-corrected chi connectivity index (χ4v) is 7.13. The maximum Gasteiger partial charge on any atom is 0.387 e. The van der Waals surface area contributed by atoms with Gasteiger partial charge in [-0.25, -0.2) is 13.4 Å². The lowest BCUT2D eigenvalue weighted by Gasteiger charge is -2.32. The van der Waals surface area contributed by atoms with Crippen molar-refractivity contribution >= 4 is 38.6 Å². The van der Waals surface area contributed by atoms with Crippen LogP contribution < -0.4 is 20.9 Å². The number of anilines is 2. The van der Waals surface area contributed by atoms with E-state index in [-0.39, 0.29) is 41.5 Å². The molecular weight excluding hydrogens is 574 g/mol. The normalized spacial score (nSPS) is 22.0. The molecule has 15 heteroatoms. The van der Waals surface area contributed by atoms with E-state index in [1.165, 1.54) is 52.3 Å². The number of nitrogens with zero attached hydrogens (tertiary/aromatic N) is 4. The van der Waals surface area contributed by atoms with Crippen LogP contribution in [0.15, 0.2) is 46.2 Å². The number of fused-ring (bicyclic) bond motifs is 1. The number of ether oxygens (including phenoxy) is 1. The molecule has 1 saturated heterocycles. The summed E-state index contributed by atoms with van der Waals surface area (Å²) in [6.07, 6.45) is 3.83. The van der Waals surface area contributed by atoms with Crippen molar-refractivity contribution in [3.8, 4) is 5.75 Å². The first-order chi connectivity index (χ1) is 19.8. The van der Waals surface area contributed by atoms with Crippen LogP contribution in [-0.4, -0.2) is 69.6 Å². The van der Waals surface area contributed by atoms with Gasteiger partial charge in [-0.1, -0.05) is 0 Å². The number of rotatable bonds is 8. The number of hydrogen-bond donors (Lipinski definition) is 3. The zero-order chi connectivity index (χ0) is 30.2. The van der Waals surface area contributed by atoms with Gasteiger partial charge in [-0.15, -0.1) is 0 Å². The zero-order valence-corrected chi connectivity index (χ0v) is 23.9. The van der Waals surface area contributed by atoms with Crippen LogP contribution in [-0.2, 0) is 14.8 Å². The third kappa shape index (κ3) is 6.08. The number of carbonyl (C=O) groups excluding carboxylic acids is 1. The number of halogens is 2. The van der Waals surface area contributed by atoms with Gasteiger partial charge in [-0.3, -0.25) is 14.2 Å². The van der Waals surface area contributed by atoms with E-state index in [1.54, 1.807) is 6.92 Å². The number of aliphatic hydroxyl groups is 1. The molecule has 2 aliphatic rings. The fourth-order valence-electron chi connectivity index (χ4n) is 5.66. The molecule has 2 fully saturated rings. The number of carbonyl (C=O) groups is 1. The molecule has 3 N–H and O–H groups in total. The van der Waals surface area contributed by atoms with Crippen molar-refractivity contribution in [2.45, 2.75) is 75.1 Å². The lowest BCUT2D eigenvalue weighted by atomic mass is 10.00. The van der Waals surface area contributed by atoms with Crippen molar-refractivity contribution in [2.24, 2.45) is 0 Å². The first kappa shape index (κ1) is 29.8. The summed E-state index contributed by atoms with van der Waals surface area (Å²) in [7, 11) is -3.74. The molecular formula is C27H32F2N6O6S. The van der Waals surface area contributed by atoms with Crippen LogP contribution >= 0.6 is 0 Å². The summed E-state index contributed by atoms with van der Waals surface area (Å²) in [5.41, 5.74) is -1.39. The van der Waals surface area contributed by atoms with E-state index in [4.69, 9.17) is 0 Å². The summed E-state index contributed by atoms with van der Waals surface area (Å²) < 4.78 is 59.5.